The van der Waals surface area contributed by atoms with Crippen molar-refractivity contribution in [2.24, 2.45) is 0 Å². The summed E-state index contributed by atoms with van der Waals surface area (Å²) in [5.74, 6) is 0.778. The van der Waals surface area contributed by atoms with Crippen LogP contribution in [0.4, 0.5) is 5.69 Å². The zero-order valence-corrected chi connectivity index (χ0v) is 19.1. The minimum atomic E-state index is -0.178. The molecular formula is C26H25ClN2O4. The number of hydrogen-bond donors (Lipinski definition) is 2. The number of hydrogen-bond acceptors (Lipinski definition) is 4. The first-order valence-electron chi connectivity index (χ1n) is 10.8. The summed E-state index contributed by atoms with van der Waals surface area (Å²) in [5, 5.41) is 6.24. The lowest BCUT2D eigenvalue weighted by Gasteiger charge is -2.12. The third kappa shape index (κ3) is 6.05. The summed E-state index contributed by atoms with van der Waals surface area (Å²) in [7, 11) is 0. The van der Waals surface area contributed by atoms with Crippen LogP contribution in [0.25, 0.3) is 0 Å². The van der Waals surface area contributed by atoms with Crippen LogP contribution in [0.15, 0.2) is 60.7 Å². The fraction of sp³-hybridized carbons (Fsp3) is 0.231. The Balaban J connectivity index is 1.34. The Labute approximate surface area is 197 Å². The lowest BCUT2D eigenvalue weighted by atomic mass is 10.1. The molecule has 0 aliphatic carbocycles. The fourth-order valence-electron chi connectivity index (χ4n) is 3.50. The molecule has 0 fully saturated rings. The second-order valence-electron chi connectivity index (χ2n) is 7.93. The molecular weight excluding hydrogens is 440 g/mol. The number of amides is 2. The smallest absolute Gasteiger partial charge is 0.255 e. The lowest BCUT2D eigenvalue weighted by Crippen LogP contribution is -2.24. The van der Waals surface area contributed by atoms with Crippen molar-refractivity contribution >= 4 is 29.1 Å². The Morgan fingerprint density at radius 2 is 1.76 bits per heavy atom. The zero-order valence-electron chi connectivity index (χ0n) is 18.3. The number of nitrogens with one attached hydrogen (secondary N) is 2. The van der Waals surface area contributed by atoms with E-state index in [0.717, 1.165) is 23.1 Å². The van der Waals surface area contributed by atoms with Gasteiger partial charge in [-0.05, 0) is 54.4 Å². The predicted octanol–water partition coefficient (Wildman–Crippen LogP) is 4.92. The fourth-order valence-corrected chi connectivity index (χ4v) is 3.79. The second kappa shape index (κ2) is 10.4. The van der Waals surface area contributed by atoms with Gasteiger partial charge in [0.15, 0.2) is 11.5 Å². The highest BCUT2D eigenvalue weighted by molar-refractivity contribution is 6.32. The van der Waals surface area contributed by atoms with Crippen molar-refractivity contribution in [3.63, 3.8) is 0 Å². The van der Waals surface area contributed by atoms with E-state index in [1.807, 2.05) is 43.3 Å². The molecule has 0 atom stereocenters. The Hall–Kier alpha value is -3.51. The molecule has 2 N–H and O–H groups in total. The molecule has 1 heterocycles. The highest BCUT2D eigenvalue weighted by Gasteiger charge is 2.17. The maximum Gasteiger partial charge on any atom is 0.255 e. The van der Waals surface area contributed by atoms with Crippen LogP contribution < -0.4 is 20.1 Å². The highest BCUT2D eigenvalue weighted by atomic mass is 35.5. The van der Waals surface area contributed by atoms with Crippen molar-refractivity contribution in [3.05, 3.63) is 87.9 Å². The minimum absolute atomic E-state index is 0.144. The zero-order chi connectivity index (χ0) is 23.2. The quantitative estimate of drug-likeness (QED) is 0.542. The first kappa shape index (κ1) is 22.7. The van der Waals surface area contributed by atoms with Gasteiger partial charge in [0.25, 0.3) is 5.91 Å². The van der Waals surface area contributed by atoms with E-state index in [0.29, 0.717) is 47.5 Å². The summed E-state index contributed by atoms with van der Waals surface area (Å²) in [6.07, 6.45) is 0.950. The van der Waals surface area contributed by atoms with E-state index in [1.54, 1.807) is 24.3 Å². The van der Waals surface area contributed by atoms with Crippen molar-refractivity contribution < 1.29 is 19.1 Å². The first-order chi connectivity index (χ1) is 16.0. The van der Waals surface area contributed by atoms with Crippen LogP contribution in [0.3, 0.4) is 0 Å². The van der Waals surface area contributed by atoms with Crippen LogP contribution in [0.2, 0.25) is 5.02 Å². The van der Waals surface area contributed by atoms with Crippen LogP contribution >= 0.6 is 11.6 Å². The average Bonchev–Trinajstić information content (AvgIpc) is 3.04. The number of benzene rings is 3. The van der Waals surface area contributed by atoms with E-state index in [9.17, 15) is 9.59 Å². The Kier molecular flexibility index (Phi) is 7.15. The van der Waals surface area contributed by atoms with Gasteiger partial charge in [-0.3, -0.25) is 9.59 Å². The van der Waals surface area contributed by atoms with Crippen molar-refractivity contribution in [1.29, 1.82) is 0 Å². The first-order valence-corrected chi connectivity index (χ1v) is 11.2. The molecule has 0 radical (unpaired) electrons. The minimum Gasteiger partial charge on any atom is -0.489 e. The van der Waals surface area contributed by atoms with E-state index in [-0.39, 0.29) is 18.2 Å². The molecule has 1 aliphatic rings. The van der Waals surface area contributed by atoms with Crippen LogP contribution in [0.1, 0.15) is 33.5 Å². The molecule has 3 aromatic rings. The van der Waals surface area contributed by atoms with Crippen LogP contribution in [-0.4, -0.2) is 25.0 Å². The Bertz CT molecular complexity index is 1160. The molecule has 7 heteroatoms. The van der Waals surface area contributed by atoms with Gasteiger partial charge in [-0.2, -0.15) is 0 Å². The number of ether oxygens (including phenoxy) is 2. The molecule has 4 rings (SSSR count). The SMILES string of the molecule is Cc1ccc(C(=O)Nc2cccc(CNC(=O)Cc3cc(Cl)c4c(c3)OCCCO4)c2)cc1. The third-order valence-corrected chi connectivity index (χ3v) is 5.50. The molecule has 0 bridgehead atoms. The summed E-state index contributed by atoms with van der Waals surface area (Å²) in [5.41, 5.74) is 3.98. The molecule has 0 unspecified atom stereocenters. The number of fused-ring (bicyclic) bond motifs is 1. The van der Waals surface area contributed by atoms with Gasteiger partial charge in [0, 0.05) is 24.2 Å². The van der Waals surface area contributed by atoms with Gasteiger partial charge in [0.05, 0.1) is 24.7 Å². The number of aryl methyl sites for hydroxylation is 1. The maximum atomic E-state index is 12.5. The van der Waals surface area contributed by atoms with Gasteiger partial charge < -0.3 is 20.1 Å². The standard InChI is InChI=1S/C26H25ClN2O4/c1-17-6-8-20(9-7-17)26(31)29-21-5-2-4-18(12-21)16-28-24(30)15-19-13-22(27)25-23(14-19)32-10-3-11-33-25/h2,4-9,12-14H,3,10-11,15-16H2,1H3,(H,28,30)(H,29,31). The maximum absolute atomic E-state index is 12.5. The number of carbonyl (C=O) groups is 2. The van der Waals surface area contributed by atoms with Crippen LogP contribution in [-0.2, 0) is 17.8 Å². The monoisotopic (exact) mass is 464 g/mol. The van der Waals surface area contributed by atoms with E-state index < -0.39 is 0 Å². The molecule has 2 amide bonds. The Morgan fingerprint density at radius 1 is 0.970 bits per heavy atom. The molecule has 1 aliphatic heterocycles. The molecule has 170 valence electrons. The van der Waals surface area contributed by atoms with E-state index >= 15 is 0 Å². The molecule has 0 saturated heterocycles. The lowest BCUT2D eigenvalue weighted by molar-refractivity contribution is -0.120. The third-order valence-electron chi connectivity index (χ3n) is 5.21. The van der Waals surface area contributed by atoms with Gasteiger partial charge >= 0.3 is 0 Å². The largest absolute Gasteiger partial charge is 0.489 e. The molecule has 0 aromatic heterocycles. The summed E-state index contributed by atoms with van der Waals surface area (Å²) in [4.78, 5) is 25.0. The molecule has 33 heavy (non-hydrogen) atoms. The van der Waals surface area contributed by atoms with Crippen molar-refractivity contribution in [2.45, 2.75) is 26.3 Å². The number of halogens is 1. The summed E-state index contributed by atoms with van der Waals surface area (Å²) >= 11 is 6.32. The van der Waals surface area contributed by atoms with Gasteiger partial charge in [-0.1, -0.05) is 41.4 Å². The number of anilines is 1. The van der Waals surface area contributed by atoms with Gasteiger partial charge in [-0.15, -0.1) is 0 Å². The van der Waals surface area contributed by atoms with E-state index in [2.05, 4.69) is 10.6 Å². The van der Waals surface area contributed by atoms with E-state index in [4.69, 9.17) is 21.1 Å². The van der Waals surface area contributed by atoms with Crippen LogP contribution in [0, 0.1) is 6.92 Å². The summed E-state index contributed by atoms with van der Waals surface area (Å²) in [6, 6.07) is 18.3. The topological polar surface area (TPSA) is 76.7 Å². The van der Waals surface area contributed by atoms with Crippen LogP contribution in [0.5, 0.6) is 11.5 Å². The highest BCUT2D eigenvalue weighted by Crippen LogP contribution is 2.38. The molecule has 3 aromatic carbocycles. The normalized spacial score (nSPS) is 12.5. The van der Waals surface area contributed by atoms with Gasteiger partial charge in [0.2, 0.25) is 5.91 Å². The van der Waals surface area contributed by atoms with Gasteiger partial charge in [-0.25, -0.2) is 0 Å². The van der Waals surface area contributed by atoms with Crippen molar-refractivity contribution in [2.75, 3.05) is 18.5 Å². The number of rotatable bonds is 6. The average molecular weight is 465 g/mol. The van der Waals surface area contributed by atoms with Crippen molar-refractivity contribution in [1.82, 2.24) is 5.32 Å². The van der Waals surface area contributed by atoms with Gasteiger partial charge in [0.1, 0.15) is 0 Å². The second-order valence-corrected chi connectivity index (χ2v) is 8.34. The molecule has 0 saturated carbocycles. The predicted molar refractivity (Wildman–Crippen MR) is 128 cm³/mol. The number of carbonyl (C=O) groups excluding carboxylic acids is 2. The molecule has 0 spiro atoms. The van der Waals surface area contributed by atoms with Crippen molar-refractivity contribution in [3.8, 4) is 11.5 Å². The molecule has 6 nitrogen and oxygen atoms in total. The van der Waals surface area contributed by atoms with E-state index in [1.165, 1.54) is 0 Å². The Morgan fingerprint density at radius 3 is 2.58 bits per heavy atom. The summed E-state index contributed by atoms with van der Waals surface area (Å²) in [6.45, 7) is 3.42. The summed E-state index contributed by atoms with van der Waals surface area (Å²) < 4.78 is 11.3.